The molecule has 2 aliphatic rings. The number of rotatable bonds is 16. The minimum atomic E-state index is -1.41. The summed E-state index contributed by atoms with van der Waals surface area (Å²) in [5, 5.41) is 12.9. The second-order valence-corrected chi connectivity index (χ2v) is 11.2. The number of hydrazine groups is 1. The molecule has 0 radical (unpaired) electrons. The van der Waals surface area contributed by atoms with Crippen LogP contribution < -0.4 is 15.6 Å². The Morgan fingerprint density at radius 1 is 1.11 bits per heavy atom. The highest BCUT2D eigenvalue weighted by Gasteiger charge is 2.53. The lowest BCUT2D eigenvalue weighted by Crippen LogP contribution is -2.54. The zero-order chi connectivity index (χ0) is 32.7. The van der Waals surface area contributed by atoms with Gasteiger partial charge in [-0.1, -0.05) is 71.9 Å². The Morgan fingerprint density at radius 3 is 2.64 bits per heavy atom. The maximum absolute atomic E-state index is 14.4. The van der Waals surface area contributed by atoms with Crippen LogP contribution in [-0.4, -0.2) is 80.0 Å². The van der Waals surface area contributed by atoms with Crippen molar-refractivity contribution in [3.8, 4) is 5.75 Å². The molecule has 3 aromatic carbocycles. The number of azide groups is 1. The Labute approximate surface area is 274 Å². The van der Waals surface area contributed by atoms with Crippen LogP contribution in [0.3, 0.4) is 0 Å². The van der Waals surface area contributed by atoms with Gasteiger partial charge in [0.15, 0.2) is 11.6 Å². The van der Waals surface area contributed by atoms with E-state index in [0.29, 0.717) is 55.6 Å². The van der Waals surface area contributed by atoms with E-state index in [1.54, 1.807) is 0 Å². The maximum atomic E-state index is 14.4. The number of nitrogens with zero attached hydrogens (tertiary/aromatic N) is 5. The van der Waals surface area contributed by atoms with Crippen LogP contribution >= 0.6 is 0 Å². The lowest BCUT2D eigenvalue weighted by Gasteiger charge is -2.31. The number of ether oxygens (including phenoxy) is 3. The van der Waals surface area contributed by atoms with Crippen molar-refractivity contribution >= 4 is 17.9 Å². The molecule has 0 spiro atoms. The number of aliphatic hydroxyl groups excluding tert-OH is 1. The van der Waals surface area contributed by atoms with Gasteiger partial charge in [0.25, 0.3) is 5.91 Å². The van der Waals surface area contributed by atoms with E-state index < -0.39 is 11.6 Å². The molecule has 1 amide bonds. The van der Waals surface area contributed by atoms with E-state index in [1.807, 2.05) is 91.0 Å². The van der Waals surface area contributed by atoms with Crippen LogP contribution in [0, 0.1) is 0 Å². The predicted octanol–water partition coefficient (Wildman–Crippen LogP) is 4.57. The summed E-state index contributed by atoms with van der Waals surface area (Å²) in [5.41, 5.74) is 16.9. The van der Waals surface area contributed by atoms with Gasteiger partial charge in [-0.2, -0.15) is 0 Å². The maximum Gasteiger partial charge on any atom is 0.266 e. The molecule has 12 heteroatoms. The number of nitrogens with one attached hydrogen (secondary N) is 2. The Hall–Kier alpha value is -4.71. The molecule has 0 aromatic heterocycles. The van der Waals surface area contributed by atoms with Crippen molar-refractivity contribution in [1.29, 1.82) is 0 Å². The minimum Gasteiger partial charge on any atom is -0.494 e. The van der Waals surface area contributed by atoms with Crippen LogP contribution in [-0.2, 0) is 20.8 Å². The largest absolute Gasteiger partial charge is 0.494 e. The molecule has 0 unspecified atom stereocenters. The van der Waals surface area contributed by atoms with Crippen LogP contribution in [0.1, 0.15) is 41.2 Å². The van der Waals surface area contributed by atoms with Crippen LogP contribution in [0.5, 0.6) is 5.75 Å². The molecule has 47 heavy (non-hydrogen) atoms. The minimum absolute atomic E-state index is 0.0518. The van der Waals surface area contributed by atoms with E-state index in [4.69, 9.17) is 29.8 Å². The number of morpholine rings is 1. The van der Waals surface area contributed by atoms with Crippen molar-refractivity contribution in [3.63, 3.8) is 0 Å². The summed E-state index contributed by atoms with van der Waals surface area (Å²) in [6.07, 6.45) is 3.84. The van der Waals surface area contributed by atoms with E-state index in [9.17, 15) is 4.79 Å². The topological polar surface area (TPSA) is 153 Å². The molecule has 2 aliphatic heterocycles. The molecule has 1 saturated heterocycles. The molecule has 0 bridgehead atoms. The highest BCUT2D eigenvalue weighted by atomic mass is 16.5. The van der Waals surface area contributed by atoms with Gasteiger partial charge in [-0.3, -0.25) is 15.1 Å². The van der Waals surface area contributed by atoms with Crippen LogP contribution in [0.25, 0.3) is 16.5 Å². The Balaban J connectivity index is 1.49. The fourth-order valence-corrected chi connectivity index (χ4v) is 5.56. The van der Waals surface area contributed by atoms with Gasteiger partial charge in [-0.15, -0.1) is 0 Å². The number of aliphatic imine (C=N–C) groups is 1. The first kappa shape index (κ1) is 33.6. The smallest absolute Gasteiger partial charge is 0.266 e. The SMILES string of the molecule is [N-]=[N+]=NCc1ccccc1[C@@H]1OC(c2ccc(OCCCO)cc2)=N[C@]1(C/C=C/c1ccccc1)C(=O)NNCCN1CCOCC1. The number of carbonyl (C=O) groups excluding carboxylic acids is 1. The quantitative estimate of drug-likeness (QED) is 0.0682. The van der Waals surface area contributed by atoms with Crippen molar-refractivity contribution < 1.29 is 24.1 Å². The van der Waals surface area contributed by atoms with Crippen molar-refractivity contribution in [2.75, 3.05) is 52.6 Å². The van der Waals surface area contributed by atoms with Crippen molar-refractivity contribution in [1.82, 2.24) is 15.8 Å². The van der Waals surface area contributed by atoms with Gasteiger partial charge in [0.05, 0.1) is 26.4 Å². The number of aliphatic hydroxyl groups is 1. The zero-order valence-corrected chi connectivity index (χ0v) is 26.3. The molecule has 5 rings (SSSR count). The standard InChI is InChI=1S/C35H41N7O5/c36-41-38-26-29-11-4-5-12-31(29)32-35(17-6-10-27-8-2-1-3-9-27,34(44)40-37-18-19-42-20-24-45-25-21-42)39-33(47-32)28-13-15-30(16-14-28)46-23-7-22-43/h1-6,8-16,32,37,43H,7,17-26H2,(H,40,44)/b10-6+/t32-,35-/m0/s1. The fraction of sp³-hybridized carbons (Fsp3) is 0.371. The lowest BCUT2D eigenvalue weighted by atomic mass is 9.82. The number of hydrogen-bond acceptors (Lipinski definition) is 9. The Bertz CT molecular complexity index is 1550. The molecule has 12 nitrogen and oxygen atoms in total. The normalized spacial score (nSPS) is 19.5. The third-order valence-corrected chi connectivity index (χ3v) is 8.07. The first-order valence-corrected chi connectivity index (χ1v) is 15.9. The summed E-state index contributed by atoms with van der Waals surface area (Å²) in [7, 11) is 0. The summed E-state index contributed by atoms with van der Waals surface area (Å²) in [4.78, 5) is 24.7. The second-order valence-electron chi connectivity index (χ2n) is 11.2. The van der Waals surface area contributed by atoms with Gasteiger partial charge in [-0.05, 0) is 46.5 Å². The molecule has 2 atom stereocenters. The summed E-state index contributed by atoms with van der Waals surface area (Å²) < 4.78 is 17.8. The lowest BCUT2D eigenvalue weighted by molar-refractivity contribution is -0.129. The summed E-state index contributed by atoms with van der Waals surface area (Å²) >= 11 is 0. The number of amides is 1. The van der Waals surface area contributed by atoms with E-state index in [2.05, 4.69) is 25.8 Å². The molecule has 3 N–H and O–H groups in total. The first-order chi connectivity index (χ1) is 23.1. The first-order valence-electron chi connectivity index (χ1n) is 15.9. The van der Waals surface area contributed by atoms with Gasteiger partial charge < -0.3 is 19.3 Å². The average Bonchev–Trinajstić information content (AvgIpc) is 3.51. The third-order valence-electron chi connectivity index (χ3n) is 8.07. The van der Waals surface area contributed by atoms with Gasteiger partial charge in [-0.25, -0.2) is 10.4 Å². The third kappa shape index (κ3) is 8.97. The monoisotopic (exact) mass is 639 g/mol. The van der Waals surface area contributed by atoms with Gasteiger partial charge in [0.1, 0.15) is 5.75 Å². The molecule has 3 aromatic rings. The molecular weight excluding hydrogens is 598 g/mol. The average molecular weight is 640 g/mol. The summed E-state index contributed by atoms with van der Waals surface area (Å²) in [6.45, 7) is 4.92. The van der Waals surface area contributed by atoms with Crippen LogP contribution in [0.15, 0.2) is 95.0 Å². The molecule has 0 saturated carbocycles. The predicted molar refractivity (Wildman–Crippen MR) is 180 cm³/mol. The van der Waals surface area contributed by atoms with E-state index in [0.717, 1.165) is 30.8 Å². The van der Waals surface area contributed by atoms with Gasteiger partial charge in [0.2, 0.25) is 5.90 Å². The molecule has 2 heterocycles. The van der Waals surface area contributed by atoms with Crippen molar-refractivity contribution in [2.24, 2.45) is 10.1 Å². The van der Waals surface area contributed by atoms with Crippen LogP contribution in [0.2, 0.25) is 0 Å². The highest BCUT2D eigenvalue weighted by molar-refractivity contribution is 6.01. The zero-order valence-electron chi connectivity index (χ0n) is 26.3. The number of hydrogen-bond donors (Lipinski definition) is 3. The van der Waals surface area contributed by atoms with Gasteiger partial charge in [0, 0.05) is 56.1 Å². The molecular formula is C35H41N7O5. The van der Waals surface area contributed by atoms with Crippen molar-refractivity contribution in [2.45, 2.75) is 31.0 Å². The highest BCUT2D eigenvalue weighted by Crippen LogP contribution is 2.44. The summed E-state index contributed by atoms with van der Waals surface area (Å²) in [6, 6.07) is 24.6. The van der Waals surface area contributed by atoms with E-state index >= 15 is 0 Å². The molecule has 1 fully saturated rings. The number of carbonyl (C=O) groups is 1. The van der Waals surface area contributed by atoms with E-state index in [-0.39, 0.29) is 25.5 Å². The van der Waals surface area contributed by atoms with E-state index in [1.165, 1.54) is 0 Å². The summed E-state index contributed by atoms with van der Waals surface area (Å²) in [5.74, 6) is 0.614. The Morgan fingerprint density at radius 2 is 1.87 bits per heavy atom. The fourth-order valence-electron chi connectivity index (χ4n) is 5.56. The molecule has 246 valence electrons. The van der Waals surface area contributed by atoms with Crippen LogP contribution in [0.4, 0.5) is 0 Å². The van der Waals surface area contributed by atoms with Gasteiger partial charge >= 0.3 is 0 Å². The molecule has 0 aliphatic carbocycles. The van der Waals surface area contributed by atoms with Crippen molar-refractivity contribution in [3.05, 3.63) is 118 Å². The number of benzene rings is 3. The second kappa shape index (κ2) is 17.3. The Kier molecular flexibility index (Phi) is 12.4.